The first-order valence-corrected chi connectivity index (χ1v) is 7.10. The van der Waals surface area contributed by atoms with Crippen LogP contribution in [0.4, 0.5) is 0 Å². The molecule has 0 amide bonds. The van der Waals surface area contributed by atoms with Gasteiger partial charge in [-0.15, -0.1) is 11.6 Å². The topological polar surface area (TPSA) is 34.6 Å². The Morgan fingerprint density at radius 3 is 2.84 bits per heavy atom. The molecular weight excluding hydrogens is 264 g/mol. The second-order valence-electron chi connectivity index (χ2n) is 4.95. The maximum absolute atomic E-state index is 6.08. The van der Waals surface area contributed by atoms with Crippen LogP contribution < -0.4 is 9.47 Å². The van der Waals surface area contributed by atoms with E-state index in [9.17, 15) is 0 Å². The van der Waals surface area contributed by atoms with E-state index in [2.05, 4.69) is 16.8 Å². The van der Waals surface area contributed by atoms with Crippen LogP contribution in [-0.2, 0) is 6.54 Å². The Hall–Kier alpha value is -1.00. The molecule has 1 aromatic rings. The van der Waals surface area contributed by atoms with Crippen molar-refractivity contribution in [3.05, 3.63) is 18.0 Å². The lowest BCUT2D eigenvalue weighted by Gasteiger charge is -2.25. The van der Waals surface area contributed by atoms with Gasteiger partial charge >= 0.3 is 0 Å². The van der Waals surface area contributed by atoms with Crippen LogP contribution in [0, 0.1) is 5.92 Å². The quantitative estimate of drug-likeness (QED) is 0.779. The van der Waals surface area contributed by atoms with E-state index in [-0.39, 0.29) is 0 Å². The first kappa shape index (κ1) is 14.4. The zero-order chi connectivity index (χ0) is 13.8. The maximum Gasteiger partial charge on any atom is 0.183 e. The number of likely N-dealkylation sites (tertiary alicyclic amines) is 1. The maximum atomic E-state index is 6.08. The number of pyridine rings is 1. The molecule has 106 valence electrons. The highest BCUT2D eigenvalue weighted by atomic mass is 35.5. The van der Waals surface area contributed by atoms with Gasteiger partial charge in [-0.05, 0) is 18.9 Å². The number of halogens is 1. The summed E-state index contributed by atoms with van der Waals surface area (Å²) >= 11 is 6.08. The Balaban J connectivity index is 2.19. The molecule has 1 aliphatic heterocycles. The SMILES string of the molecule is COc1ccnc(CN2CCC(C)C2CCl)c1OC. The molecular formula is C14H21ClN2O2. The average Bonchev–Trinajstić information content (AvgIpc) is 2.78. The van der Waals surface area contributed by atoms with Gasteiger partial charge in [0.2, 0.25) is 0 Å². The molecule has 2 atom stereocenters. The number of hydrogen-bond acceptors (Lipinski definition) is 4. The van der Waals surface area contributed by atoms with Crippen LogP contribution in [0.25, 0.3) is 0 Å². The number of hydrogen-bond donors (Lipinski definition) is 0. The van der Waals surface area contributed by atoms with Crippen molar-refractivity contribution in [2.24, 2.45) is 5.92 Å². The molecule has 1 fully saturated rings. The minimum Gasteiger partial charge on any atom is -0.493 e. The van der Waals surface area contributed by atoms with Gasteiger partial charge in [0.25, 0.3) is 0 Å². The summed E-state index contributed by atoms with van der Waals surface area (Å²) in [6.07, 6.45) is 2.94. The van der Waals surface area contributed by atoms with Gasteiger partial charge in [0, 0.05) is 30.7 Å². The summed E-state index contributed by atoms with van der Waals surface area (Å²) in [6, 6.07) is 2.23. The Labute approximate surface area is 119 Å². The largest absolute Gasteiger partial charge is 0.493 e. The molecule has 2 unspecified atom stereocenters. The first-order valence-electron chi connectivity index (χ1n) is 6.57. The molecule has 1 saturated heterocycles. The number of nitrogens with zero attached hydrogens (tertiary/aromatic N) is 2. The number of ether oxygens (including phenoxy) is 2. The zero-order valence-electron chi connectivity index (χ0n) is 11.7. The summed E-state index contributed by atoms with van der Waals surface area (Å²) < 4.78 is 10.7. The second-order valence-corrected chi connectivity index (χ2v) is 5.26. The van der Waals surface area contributed by atoms with Gasteiger partial charge in [0.1, 0.15) is 5.69 Å². The van der Waals surface area contributed by atoms with Crippen LogP contribution in [-0.4, -0.2) is 42.6 Å². The Bertz CT molecular complexity index is 428. The molecule has 2 heterocycles. The third-order valence-corrected chi connectivity index (χ3v) is 4.19. The number of aromatic nitrogens is 1. The minimum absolute atomic E-state index is 0.416. The molecule has 0 aromatic carbocycles. The summed E-state index contributed by atoms with van der Waals surface area (Å²) in [7, 11) is 3.29. The Morgan fingerprint density at radius 2 is 2.21 bits per heavy atom. The third-order valence-electron chi connectivity index (χ3n) is 3.87. The van der Waals surface area contributed by atoms with Gasteiger partial charge in [-0.1, -0.05) is 6.92 Å². The molecule has 2 rings (SSSR count). The Morgan fingerprint density at radius 1 is 1.42 bits per heavy atom. The fourth-order valence-electron chi connectivity index (χ4n) is 2.69. The van der Waals surface area contributed by atoms with Crippen LogP contribution in [0.15, 0.2) is 12.3 Å². The van der Waals surface area contributed by atoms with Gasteiger partial charge in [-0.2, -0.15) is 0 Å². The predicted molar refractivity (Wildman–Crippen MR) is 76.0 cm³/mol. The summed E-state index contributed by atoms with van der Waals surface area (Å²) in [5, 5.41) is 0. The van der Waals surface area contributed by atoms with Crippen LogP contribution in [0.5, 0.6) is 11.5 Å². The van der Waals surface area contributed by atoms with E-state index in [1.54, 1.807) is 20.4 Å². The lowest BCUT2D eigenvalue weighted by molar-refractivity contribution is 0.234. The van der Waals surface area contributed by atoms with Crippen molar-refractivity contribution < 1.29 is 9.47 Å². The normalized spacial score (nSPS) is 23.6. The summed E-state index contributed by atoms with van der Waals surface area (Å²) in [5.41, 5.74) is 0.908. The number of alkyl halides is 1. The van der Waals surface area contributed by atoms with Crippen molar-refractivity contribution in [3.63, 3.8) is 0 Å². The summed E-state index contributed by atoms with van der Waals surface area (Å²) in [6.45, 7) is 4.06. The highest BCUT2D eigenvalue weighted by Gasteiger charge is 2.31. The van der Waals surface area contributed by atoms with E-state index in [0.717, 1.165) is 30.3 Å². The molecule has 0 saturated carbocycles. The molecule has 1 aromatic heterocycles. The van der Waals surface area contributed by atoms with Gasteiger partial charge in [-0.3, -0.25) is 9.88 Å². The zero-order valence-corrected chi connectivity index (χ0v) is 12.5. The van der Waals surface area contributed by atoms with Gasteiger partial charge in [0.15, 0.2) is 11.5 Å². The summed E-state index contributed by atoms with van der Waals surface area (Å²) in [4.78, 5) is 6.80. The van der Waals surface area contributed by atoms with E-state index in [1.165, 1.54) is 6.42 Å². The van der Waals surface area contributed by atoms with E-state index < -0.39 is 0 Å². The van der Waals surface area contributed by atoms with Crippen molar-refractivity contribution in [1.82, 2.24) is 9.88 Å². The third kappa shape index (κ3) is 2.95. The van der Waals surface area contributed by atoms with Gasteiger partial charge < -0.3 is 9.47 Å². The molecule has 5 heteroatoms. The molecule has 0 aliphatic carbocycles. The molecule has 19 heavy (non-hydrogen) atoms. The Kier molecular flexibility index (Phi) is 4.88. The minimum atomic E-state index is 0.416. The van der Waals surface area contributed by atoms with E-state index in [1.807, 2.05) is 6.07 Å². The average molecular weight is 285 g/mol. The van der Waals surface area contributed by atoms with Crippen molar-refractivity contribution in [3.8, 4) is 11.5 Å². The lowest BCUT2D eigenvalue weighted by atomic mass is 10.1. The van der Waals surface area contributed by atoms with Crippen molar-refractivity contribution >= 4 is 11.6 Å². The smallest absolute Gasteiger partial charge is 0.183 e. The molecule has 0 bridgehead atoms. The number of methoxy groups -OCH3 is 2. The first-order chi connectivity index (χ1) is 9.21. The van der Waals surface area contributed by atoms with Crippen molar-refractivity contribution in [2.45, 2.75) is 25.9 Å². The molecule has 0 spiro atoms. The molecule has 4 nitrogen and oxygen atoms in total. The van der Waals surface area contributed by atoms with Crippen LogP contribution in [0.3, 0.4) is 0 Å². The predicted octanol–water partition coefficient (Wildman–Crippen LogP) is 2.55. The van der Waals surface area contributed by atoms with Crippen LogP contribution >= 0.6 is 11.6 Å². The van der Waals surface area contributed by atoms with Crippen LogP contribution in [0.2, 0.25) is 0 Å². The highest BCUT2D eigenvalue weighted by Crippen LogP contribution is 2.32. The van der Waals surface area contributed by atoms with Crippen LogP contribution in [0.1, 0.15) is 19.0 Å². The van der Waals surface area contributed by atoms with E-state index in [0.29, 0.717) is 17.8 Å². The monoisotopic (exact) mass is 284 g/mol. The second kappa shape index (κ2) is 6.44. The fraction of sp³-hybridized carbons (Fsp3) is 0.643. The molecule has 0 N–H and O–H groups in total. The van der Waals surface area contributed by atoms with Gasteiger partial charge in [-0.25, -0.2) is 0 Å². The molecule has 0 radical (unpaired) electrons. The van der Waals surface area contributed by atoms with Crippen molar-refractivity contribution in [1.29, 1.82) is 0 Å². The van der Waals surface area contributed by atoms with E-state index in [4.69, 9.17) is 21.1 Å². The standard InChI is InChI=1S/C14H21ClN2O2/c1-10-5-7-17(12(10)8-15)9-11-14(19-3)13(18-2)4-6-16-11/h4,6,10,12H,5,7-9H2,1-3H3. The van der Waals surface area contributed by atoms with Gasteiger partial charge in [0.05, 0.1) is 14.2 Å². The lowest BCUT2D eigenvalue weighted by Crippen LogP contribution is -2.33. The highest BCUT2D eigenvalue weighted by molar-refractivity contribution is 6.18. The summed E-state index contributed by atoms with van der Waals surface area (Å²) in [5.74, 6) is 2.74. The number of rotatable bonds is 5. The molecule has 1 aliphatic rings. The van der Waals surface area contributed by atoms with Crippen molar-refractivity contribution in [2.75, 3.05) is 26.6 Å². The van der Waals surface area contributed by atoms with E-state index >= 15 is 0 Å². The fourth-order valence-corrected chi connectivity index (χ4v) is 3.19.